The summed E-state index contributed by atoms with van der Waals surface area (Å²) in [5, 5.41) is 17.5. The van der Waals surface area contributed by atoms with Crippen LogP contribution >= 0.6 is 11.3 Å². The molecule has 0 aliphatic carbocycles. The molecule has 0 bridgehead atoms. The van der Waals surface area contributed by atoms with Crippen LogP contribution in [0, 0.1) is 0 Å². The maximum atomic E-state index is 12.3. The van der Waals surface area contributed by atoms with E-state index in [1.165, 1.54) is 5.38 Å². The van der Waals surface area contributed by atoms with Crippen molar-refractivity contribution in [3.05, 3.63) is 41.4 Å². The van der Waals surface area contributed by atoms with Gasteiger partial charge in [0.2, 0.25) is 0 Å². The van der Waals surface area contributed by atoms with Crippen LogP contribution in [0.25, 0.3) is 10.9 Å². The minimum atomic E-state index is -3.84. The lowest BCUT2D eigenvalue weighted by molar-refractivity contribution is 0.0697. The number of para-hydroxylation sites is 1. The number of carboxylic acids is 1. The van der Waals surface area contributed by atoms with Gasteiger partial charge in [0.1, 0.15) is 4.21 Å². The van der Waals surface area contributed by atoms with Gasteiger partial charge in [-0.25, -0.2) is 13.2 Å². The van der Waals surface area contributed by atoms with Crippen LogP contribution in [0.2, 0.25) is 0 Å². The highest BCUT2D eigenvalue weighted by atomic mass is 32.2. The van der Waals surface area contributed by atoms with Crippen LogP contribution < -0.4 is 4.72 Å². The Balaban J connectivity index is 1.99. The number of fused-ring (bicyclic) bond motifs is 1. The minimum absolute atomic E-state index is 0.0554. The number of carbonyl (C=O) groups is 1. The van der Waals surface area contributed by atoms with Gasteiger partial charge in [0.15, 0.2) is 0 Å². The number of carboxylic acid groups (broad SMARTS) is 1. The zero-order chi connectivity index (χ0) is 15.0. The Labute approximate surface area is 123 Å². The zero-order valence-electron chi connectivity index (χ0n) is 10.4. The molecule has 3 N–H and O–H groups in total. The number of hydrogen-bond acceptors (Lipinski definition) is 5. The molecular formula is C12H9N3O4S2. The molecule has 0 fully saturated rings. The topological polar surface area (TPSA) is 112 Å². The summed E-state index contributed by atoms with van der Waals surface area (Å²) in [6, 6.07) is 6.23. The van der Waals surface area contributed by atoms with Crippen LogP contribution in [-0.4, -0.2) is 29.7 Å². The Hall–Kier alpha value is -2.39. The molecule has 0 unspecified atom stereocenters. The van der Waals surface area contributed by atoms with E-state index in [-0.39, 0.29) is 9.77 Å². The second kappa shape index (κ2) is 4.86. The quantitative estimate of drug-likeness (QED) is 0.681. The third-order valence-corrected chi connectivity index (χ3v) is 5.61. The van der Waals surface area contributed by atoms with Gasteiger partial charge in [-0.15, -0.1) is 11.3 Å². The number of H-pyrrole nitrogens is 1. The fourth-order valence-corrected chi connectivity index (χ4v) is 4.04. The van der Waals surface area contributed by atoms with Crippen molar-refractivity contribution in [3.8, 4) is 0 Å². The molecule has 0 amide bonds. The third-order valence-electron chi connectivity index (χ3n) is 2.81. The van der Waals surface area contributed by atoms with Crippen molar-refractivity contribution < 1.29 is 18.3 Å². The van der Waals surface area contributed by atoms with Crippen LogP contribution in [0.15, 0.2) is 40.1 Å². The second-order valence-electron chi connectivity index (χ2n) is 4.20. The second-order valence-corrected chi connectivity index (χ2v) is 7.03. The van der Waals surface area contributed by atoms with Crippen molar-refractivity contribution in [1.82, 2.24) is 10.2 Å². The number of benzene rings is 1. The predicted octanol–water partition coefficient (Wildman–Crippen LogP) is 2.12. The first-order valence-electron chi connectivity index (χ1n) is 5.74. The number of nitrogens with one attached hydrogen (secondary N) is 2. The Bertz CT molecular complexity index is 927. The molecule has 0 aliphatic rings. The smallest absolute Gasteiger partial charge is 0.336 e. The van der Waals surface area contributed by atoms with E-state index in [2.05, 4.69) is 14.9 Å². The SMILES string of the molecule is O=C(O)c1csc(S(=O)(=O)Nc2cccc3cn[nH]c23)c1. The molecule has 0 saturated carbocycles. The van der Waals surface area contributed by atoms with Crippen molar-refractivity contribution in [2.45, 2.75) is 4.21 Å². The van der Waals surface area contributed by atoms with Crippen LogP contribution in [0.3, 0.4) is 0 Å². The van der Waals surface area contributed by atoms with Gasteiger partial charge in [-0.2, -0.15) is 5.10 Å². The van der Waals surface area contributed by atoms with Gasteiger partial charge < -0.3 is 5.11 Å². The van der Waals surface area contributed by atoms with Crippen molar-refractivity contribution >= 4 is 43.9 Å². The van der Waals surface area contributed by atoms with Crippen molar-refractivity contribution in [1.29, 1.82) is 0 Å². The van der Waals surface area contributed by atoms with Crippen molar-refractivity contribution in [2.24, 2.45) is 0 Å². The molecule has 108 valence electrons. The number of aromatic carboxylic acids is 1. The molecule has 1 aromatic carbocycles. The molecule has 0 radical (unpaired) electrons. The normalized spacial score (nSPS) is 11.6. The lowest BCUT2D eigenvalue weighted by Gasteiger charge is -2.06. The van der Waals surface area contributed by atoms with E-state index in [4.69, 9.17) is 5.11 Å². The first kappa shape index (κ1) is 13.6. The van der Waals surface area contributed by atoms with E-state index in [0.29, 0.717) is 11.2 Å². The number of aromatic amines is 1. The lowest BCUT2D eigenvalue weighted by atomic mass is 10.2. The average molecular weight is 323 g/mol. The summed E-state index contributed by atoms with van der Waals surface area (Å²) in [6.07, 6.45) is 1.58. The molecule has 7 nitrogen and oxygen atoms in total. The number of anilines is 1. The van der Waals surface area contributed by atoms with Gasteiger partial charge in [-0.05, 0) is 12.1 Å². The summed E-state index contributed by atoms with van der Waals surface area (Å²) >= 11 is 0.854. The number of sulfonamides is 1. The van der Waals surface area contributed by atoms with Gasteiger partial charge in [0.25, 0.3) is 10.0 Å². The van der Waals surface area contributed by atoms with Crippen molar-refractivity contribution in [2.75, 3.05) is 4.72 Å². The molecule has 21 heavy (non-hydrogen) atoms. The van der Waals surface area contributed by atoms with Gasteiger partial charge in [0, 0.05) is 10.8 Å². The Morgan fingerprint density at radius 1 is 1.38 bits per heavy atom. The summed E-state index contributed by atoms with van der Waals surface area (Å²) in [5.74, 6) is -1.16. The monoisotopic (exact) mass is 323 g/mol. The number of thiophene rings is 1. The van der Waals surface area contributed by atoms with E-state index in [0.717, 1.165) is 22.8 Å². The van der Waals surface area contributed by atoms with Gasteiger partial charge in [-0.1, -0.05) is 12.1 Å². The summed E-state index contributed by atoms with van der Waals surface area (Å²) in [6.45, 7) is 0. The summed E-state index contributed by atoms with van der Waals surface area (Å²) in [5.41, 5.74) is 0.867. The van der Waals surface area contributed by atoms with Crippen LogP contribution in [0.1, 0.15) is 10.4 Å². The average Bonchev–Trinajstić information content (AvgIpc) is 3.08. The molecule has 0 spiro atoms. The van der Waals surface area contributed by atoms with Gasteiger partial charge in [-0.3, -0.25) is 9.82 Å². The number of hydrogen-bond donors (Lipinski definition) is 3. The van der Waals surface area contributed by atoms with E-state index in [9.17, 15) is 13.2 Å². The van der Waals surface area contributed by atoms with Crippen molar-refractivity contribution in [3.63, 3.8) is 0 Å². The summed E-state index contributed by atoms with van der Waals surface area (Å²) in [4.78, 5) is 10.8. The first-order valence-corrected chi connectivity index (χ1v) is 8.10. The first-order chi connectivity index (χ1) is 9.97. The largest absolute Gasteiger partial charge is 0.478 e. The highest BCUT2D eigenvalue weighted by Gasteiger charge is 2.20. The molecule has 9 heteroatoms. The zero-order valence-corrected chi connectivity index (χ0v) is 12.0. The van der Waals surface area contributed by atoms with Crippen LogP contribution in [0.4, 0.5) is 5.69 Å². The van der Waals surface area contributed by atoms with Gasteiger partial charge >= 0.3 is 5.97 Å². The number of aromatic nitrogens is 2. The number of rotatable bonds is 4. The number of nitrogens with zero attached hydrogens (tertiary/aromatic N) is 1. The molecule has 0 saturated heterocycles. The summed E-state index contributed by atoms with van der Waals surface area (Å²) in [7, 11) is -3.84. The predicted molar refractivity (Wildman–Crippen MR) is 78.2 cm³/mol. The molecule has 2 heterocycles. The summed E-state index contributed by atoms with van der Waals surface area (Å²) < 4.78 is 26.9. The third kappa shape index (κ3) is 2.48. The lowest BCUT2D eigenvalue weighted by Crippen LogP contribution is -2.12. The van der Waals surface area contributed by atoms with E-state index in [1.54, 1.807) is 24.4 Å². The molecule has 2 aromatic heterocycles. The standard InChI is InChI=1S/C12H9N3O4S2/c16-12(17)8-4-10(20-6-8)21(18,19)15-9-3-1-2-7-5-13-14-11(7)9/h1-6,15H,(H,13,14)(H,16,17). The minimum Gasteiger partial charge on any atom is -0.478 e. The highest BCUT2D eigenvalue weighted by Crippen LogP contribution is 2.26. The van der Waals surface area contributed by atoms with Crippen LogP contribution in [0.5, 0.6) is 0 Å². The molecular weight excluding hydrogens is 314 g/mol. The Kier molecular flexibility index (Phi) is 3.15. The molecule has 3 aromatic rings. The van der Waals surface area contributed by atoms with E-state index in [1.807, 2.05) is 0 Å². The highest BCUT2D eigenvalue weighted by molar-refractivity contribution is 7.94. The van der Waals surface area contributed by atoms with Gasteiger partial charge in [0.05, 0.1) is 23.0 Å². The molecule has 3 rings (SSSR count). The van der Waals surface area contributed by atoms with Crippen LogP contribution in [-0.2, 0) is 10.0 Å². The Morgan fingerprint density at radius 2 is 2.19 bits per heavy atom. The molecule has 0 aliphatic heterocycles. The Morgan fingerprint density at radius 3 is 2.90 bits per heavy atom. The maximum Gasteiger partial charge on any atom is 0.336 e. The van der Waals surface area contributed by atoms with E-state index < -0.39 is 16.0 Å². The molecule has 0 atom stereocenters. The fourth-order valence-electron chi connectivity index (χ4n) is 1.82. The van der Waals surface area contributed by atoms with E-state index >= 15 is 0 Å². The fraction of sp³-hybridized carbons (Fsp3) is 0. The maximum absolute atomic E-state index is 12.3.